The normalized spacial score (nSPS) is 19.0. The molecule has 0 unspecified atom stereocenters. The lowest BCUT2D eigenvalue weighted by Gasteiger charge is -2.10. The molecule has 1 amide bonds. The van der Waals surface area contributed by atoms with E-state index in [0.717, 1.165) is 6.07 Å². The number of benzene rings is 1. The van der Waals surface area contributed by atoms with Crippen LogP contribution in [0.2, 0.25) is 0 Å². The lowest BCUT2D eigenvalue weighted by atomic mass is 10.2. The number of nitrogens with zero attached hydrogens (tertiary/aromatic N) is 1. The fourth-order valence-electron chi connectivity index (χ4n) is 0.775. The van der Waals surface area contributed by atoms with Crippen LogP contribution in [0.3, 0.4) is 0 Å². The van der Waals surface area contributed by atoms with E-state index >= 15 is 0 Å². The van der Waals surface area contributed by atoms with E-state index < -0.39 is 25.6 Å². The van der Waals surface area contributed by atoms with Gasteiger partial charge < -0.3 is 10.0 Å². The first kappa shape index (κ1) is 3.47. The van der Waals surface area contributed by atoms with Crippen LogP contribution in [0.1, 0.15) is 18.6 Å². The van der Waals surface area contributed by atoms with E-state index in [4.69, 9.17) is 8.22 Å². The molecule has 0 aliphatic rings. The van der Waals surface area contributed by atoms with E-state index in [1.165, 1.54) is 18.2 Å². The molecule has 3 nitrogen and oxygen atoms in total. The molecule has 12 heavy (non-hydrogen) atoms. The van der Waals surface area contributed by atoms with Gasteiger partial charge in [0, 0.05) is 22.2 Å². The molecular formula is C9H11NO2. The van der Waals surface area contributed by atoms with Crippen molar-refractivity contribution >= 4 is 5.91 Å². The number of phenols is 1. The van der Waals surface area contributed by atoms with Gasteiger partial charge in [0.25, 0.3) is 5.91 Å². The highest BCUT2D eigenvalue weighted by molar-refractivity contribution is 5.96. The number of para-hydroxylation sites is 1. The zero-order valence-corrected chi connectivity index (χ0v) is 6.11. The summed E-state index contributed by atoms with van der Waals surface area (Å²) >= 11 is 0. The molecule has 0 fully saturated rings. The van der Waals surface area contributed by atoms with Crippen LogP contribution < -0.4 is 0 Å². The maximum absolute atomic E-state index is 11.9. The van der Waals surface area contributed by atoms with Gasteiger partial charge in [0.2, 0.25) is 0 Å². The second-order valence-electron chi connectivity index (χ2n) is 2.16. The maximum atomic E-state index is 11.9. The Bertz CT molecular complexity index is 439. The van der Waals surface area contributed by atoms with E-state index in [1.54, 1.807) is 0 Å². The Morgan fingerprint density at radius 1 is 1.50 bits per heavy atom. The third-order valence-electron chi connectivity index (χ3n) is 1.34. The Labute approximate surface area is 79.7 Å². The summed E-state index contributed by atoms with van der Waals surface area (Å²) < 4.78 is 42.6. The summed E-state index contributed by atoms with van der Waals surface area (Å²) in [4.78, 5) is 11.7. The third kappa shape index (κ3) is 1.56. The fraction of sp³-hybridized carbons (Fsp3) is 0.222. The average Bonchev–Trinajstić information content (AvgIpc) is 2.13. The molecule has 0 atom stereocenters. The van der Waals surface area contributed by atoms with E-state index in [-0.39, 0.29) is 10.5 Å². The number of hydrogen-bond donors (Lipinski definition) is 1. The molecule has 0 aliphatic carbocycles. The fourth-order valence-corrected chi connectivity index (χ4v) is 0.775. The highest BCUT2D eigenvalue weighted by Gasteiger charge is 2.10. The minimum atomic E-state index is -3.12. The number of aromatic hydroxyl groups is 1. The maximum Gasteiger partial charge on any atom is 0.257 e. The van der Waals surface area contributed by atoms with E-state index in [0.29, 0.717) is 0 Å². The molecule has 0 aliphatic heterocycles. The molecule has 0 saturated heterocycles. The third-order valence-corrected chi connectivity index (χ3v) is 1.34. The van der Waals surface area contributed by atoms with Crippen LogP contribution in [0.25, 0.3) is 0 Å². The summed E-state index contributed by atoms with van der Waals surface area (Å²) in [6, 6.07) is 5.15. The summed E-state index contributed by atoms with van der Waals surface area (Å²) in [5.41, 5.74) is -0.371. The number of carbonyl (C=O) groups is 1. The monoisotopic (exact) mass is 171 g/mol. The van der Waals surface area contributed by atoms with Crippen LogP contribution in [0.5, 0.6) is 5.75 Å². The Hall–Kier alpha value is -1.51. The lowest BCUT2D eigenvalue weighted by Crippen LogP contribution is -2.21. The second-order valence-corrected chi connectivity index (χ2v) is 2.16. The Morgan fingerprint density at radius 2 is 2.17 bits per heavy atom. The zero-order chi connectivity index (χ0) is 14.1. The predicted molar refractivity (Wildman–Crippen MR) is 46.1 cm³/mol. The van der Waals surface area contributed by atoms with Gasteiger partial charge in [-0.2, -0.15) is 0 Å². The average molecular weight is 171 g/mol. The summed E-state index contributed by atoms with van der Waals surface area (Å²) in [5, 5.41) is 9.45. The quantitative estimate of drug-likeness (QED) is 0.687. The summed E-state index contributed by atoms with van der Waals surface area (Å²) in [7, 11) is 0. The van der Waals surface area contributed by atoms with E-state index in [1.807, 2.05) is 0 Å². The van der Waals surface area contributed by atoms with Crippen molar-refractivity contribution in [1.29, 1.82) is 0 Å². The first-order chi connectivity index (χ1) is 8.05. The molecule has 1 rings (SSSR count). The van der Waals surface area contributed by atoms with Gasteiger partial charge in [0.15, 0.2) is 0 Å². The van der Waals surface area contributed by atoms with E-state index in [9.17, 15) is 9.90 Å². The molecule has 0 spiro atoms. The molecule has 3 heteroatoms. The summed E-state index contributed by atoms with van der Waals surface area (Å²) in [5.74, 6) is -1.74. The highest BCUT2D eigenvalue weighted by atomic mass is 16.3. The lowest BCUT2D eigenvalue weighted by molar-refractivity contribution is 0.0824. The van der Waals surface area contributed by atoms with Gasteiger partial charge in [0.05, 0.1) is 5.56 Å². The molecule has 64 valence electrons. The van der Waals surface area contributed by atoms with Crippen LogP contribution >= 0.6 is 0 Å². The Kier molecular flexibility index (Phi) is 0.943. The smallest absolute Gasteiger partial charge is 0.257 e. The van der Waals surface area contributed by atoms with Gasteiger partial charge in [-0.15, -0.1) is 0 Å². The van der Waals surface area contributed by atoms with Gasteiger partial charge in [-0.05, 0) is 12.1 Å². The summed E-state index contributed by atoms with van der Waals surface area (Å²) in [6.45, 7) is -6.24. The van der Waals surface area contributed by atoms with E-state index in [2.05, 4.69) is 0 Å². The molecule has 1 aromatic carbocycles. The number of carbonyl (C=O) groups excluding carboxylic acids is 1. The van der Waals surface area contributed by atoms with Crippen LogP contribution in [0.4, 0.5) is 0 Å². The van der Waals surface area contributed by atoms with Crippen molar-refractivity contribution in [3.05, 3.63) is 29.8 Å². The molecule has 0 heterocycles. The van der Waals surface area contributed by atoms with Crippen LogP contribution in [0.15, 0.2) is 24.3 Å². The molecule has 0 aromatic heterocycles. The number of rotatable bonds is 1. The van der Waals surface area contributed by atoms with Crippen molar-refractivity contribution in [2.45, 2.75) is 0 Å². The number of phenolic OH excluding ortho intramolecular Hbond substituents is 1. The van der Waals surface area contributed by atoms with Crippen molar-refractivity contribution in [2.75, 3.05) is 14.0 Å². The first-order valence-electron chi connectivity index (χ1n) is 6.18. The van der Waals surface area contributed by atoms with Crippen molar-refractivity contribution in [3.8, 4) is 5.75 Å². The van der Waals surface area contributed by atoms with Gasteiger partial charge in [-0.1, -0.05) is 12.1 Å². The topological polar surface area (TPSA) is 40.5 Å². The van der Waals surface area contributed by atoms with Crippen molar-refractivity contribution in [3.63, 3.8) is 0 Å². The van der Waals surface area contributed by atoms with Gasteiger partial charge in [0.1, 0.15) is 5.75 Å². The number of amides is 1. The minimum absolute atomic E-state index is 0.199. The van der Waals surface area contributed by atoms with Crippen LogP contribution in [0, 0.1) is 0 Å². The molecule has 0 saturated carbocycles. The molecule has 0 bridgehead atoms. The number of hydrogen-bond acceptors (Lipinski definition) is 2. The van der Waals surface area contributed by atoms with Gasteiger partial charge >= 0.3 is 0 Å². The molecule has 1 N–H and O–H groups in total. The molecular weight excluding hydrogens is 154 g/mol. The summed E-state index contributed by atoms with van der Waals surface area (Å²) in [6.07, 6.45) is 0. The van der Waals surface area contributed by atoms with Crippen molar-refractivity contribution < 1.29 is 18.1 Å². The molecule has 0 radical (unpaired) electrons. The van der Waals surface area contributed by atoms with Crippen LogP contribution in [-0.4, -0.2) is 29.9 Å². The first-order valence-corrected chi connectivity index (χ1v) is 3.18. The second kappa shape index (κ2) is 3.26. The minimum Gasteiger partial charge on any atom is -0.507 e. The van der Waals surface area contributed by atoms with Crippen molar-refractivity contribution in [2.24, 2.45) is 0 Å². The largest absolute Gasteiger partial charge is 0.507 e. The van der Waals surface area contributed by atoms with Crippen molar-refractivity contribution in [1.82, 2.24) is 4.90 Å². The van der Waals surface area contributed by atoms with Gasteiger partial charge in [-0.3, -0.25) is 4.79 Å². The Morgan fingerprint density at radius 3 is 2.75 bits per heavy atom. The standard InChI is InChI=1S/C9H11NO2/c1-10(2)9(12)7-5-3-4-6-8(7)11/h3-6,11H,1-2H3/i1D3,2D3. The predicted octanol–water partition coefficient (Wildman–Crippen LogP) is 1.09. The highest BCUT2D eigenvalue weighted by Crippen LogP contribution is 2.16. The van der Waals surface area contributed by atoms with Gasteiger partial charge in [-0.25, -0.2) is 0 Å². The Balaban J connectivity index is 3.25. The SMILES string of the molecule is [2H]C([2H])([2H])N(C(=O)c1ccccc1O)C([2H])([2H])[2H]. The molecule has 1 aromatic rings. The van der Waals surface area contributed by atoms with Crippen LogP contribution in [-0.2, 0) is 0 Å². The zero-order valence-electron chi connectivity index (χ0n) is 12.1.